The molecule has 0 aromatic heterocycles. The molecular weight excluding hydrogens is 348 g/mol. The molecule has 1 fully saturated rings. The number of halogens is 1. The summed E-state index contributed by atoms with van der Waals surface area (Å²) in [6.45, 7) is 7.25. The Bertz CT molecular complexity index is 655. The van der Waals surface area contributed by atoms with Crippen molar-refractivity contribution in [2.75, 3.05) is 13.1 Å². The van der Waals surface area contributed by atoms with E-state index in [0.29, 0.717) is 0 Å². The maximum Gasteiger partial charge on any atom is 0.407 e. The number of rotatable bonds is 4. The highest BCUT2D eigenvalue weighted by Crippen LogP contribution is 2.32. The monoisotopic (exact) mass is 374 g/mol. The third kappa shape index (κ3) is 5.23. The van der Waals surface area contributed by atoms with Gasteiger partial charge in [-0.15, -0.1) is 12.4 Å². The van der Waals surface area contributed by atoms with Crippen LogP contribution in [-0.2, 0) is 4.74 Å². The summed E-state index contributed by atoms with van der Waals surface area (Å²) in [7, 11) is 0. The largest absolute Gasteiger partial charge is 0.444 e. The summed E-state index contributed by atoms with van der Waals surface area (Å²) in [4.78, 5) is 14.3. The first-order chi connectivity index (χ1) is 11.9. The molecule has 1 heterocycles. The number of benzene rings is 2. The Balaban J connectivity index is 0.00000243. The molecule has 4 nitrogen and oxygen atoms in total. The zero-order chi connectivity index (χ0) is 17.9. The molecule has 5 heteroatoms. The van der Waals surface area contributed by atoms with Crippen molar-refractivity contribution in [3.8, 4) is 0 Å². The lowest BCUT2D eigenvalue weighted by Crippen LogP contribution is -2.60. The number of hydrogen-bond donors (Lipinski definition) is 1. The van der Waals surface area contributed by atoms with E-state index in [2.05, 4.69) is 58.7 Å². The number of likely N-dealkylation sites (tertiary alicyclic amines) is 1. The van der Waals surface area contributed by atoms with Crippen LogP contribution in [0.5, 0.6) is 0 Å². The van der Waals surface area contributed by atoms with Crippen molar-refractivity contribution in [1.82, 2.24) is 10.2 Å². The van der Waals surface area contributed by atoms with Crippen LogP contribution < -0.4 is 5.32 Å². The molecule has 1 aliphatic rings. The van der Waals surface area contributed by atoms with E-state index in [4.69, 9.17) is 4.74 Å². The quantitative estimate of drug-likeness (QED) is 0.862. The van der Waals surface area contributed by atoms with E-state index >= 15 is 0 Å². The summed E-state index contributed by atoms with van der Waals surface area (Å²) < 4.78 is 5.34. The van der Waals surface area contributed by atoms with Crippen LogP contribution in [0.25, 0.3) is 0 Å². The molecule has 0 radical (unpaired) electrons. The summed E-state index contributed by atoms with van der Waals surface area (Å²) in [5, 5.41) is 2.96. The molecule has 140 valence electrons. The predicted molar refractivity (Wildman–Crippen MR) is 107 cm³/mol. The van der Waals surface area contributed by atoms with Gasteiger partial charge in [-0.3, -0.25) is 4.90 Å². The summed E-state index contributed by atoms with van der Waals surface area (Å²) in [6, 6.07) is 21.3. The van der Waals surface area contributed by atoms with E-state index in [1.54, 1.807) is 0 Å². The highest BCUT2D eigenvalue weighted by atomic mass is 35.5. The standard InChI is InChI=1S/C21H26N2O2.ClH/c1-21(2,3)25-20(24)22-18-14-23(15-18)19(16-10-6-4-7-11-16)17-12-8-5-9-13-17;/h4-13,18-19H,14-15H2,1-3H3,(H,22,24);1H. The molecule has 26 heavy (non-hydrogen) atoms. The minimum Gasteiger partial charge on any atom is -0.444 e. The molecule has 0 unspecified atom stereocenters. The van der Waals surface area contributed by atoms with Gasteiger partial charge >= 0.3 is 6.09 Å². The van der Waals surface area contributed by atoms with Gasteiger partial charge in [-0.2, -0.15) is 0 Å². The Hall–Kier alpha value is -2.04. The van der Waals surface area contributed by atoms with Crippen molar-refractivity contribution in [2.24, 2.45) is 0 Å². The fourth-order valence-corrected chi connectivity index (χ4v) is 3.17. The summed E-state index contributed by atoms with van der Waals surface area (Å²) in [5.41, 5.74) is 2.07. The average molecular weight is 375 g/mol. The molecule has 1 aliphatic heterocycles. The molecule has 2 aromatic carbocycles. The Morgan fingerprint density at radius 2 is 1.46 bits per heavy atom. The Morgan fingerprint density at radius 1 is 1.00 bits per heavy atom. The van der Waals surface area contributed by atoms with Gasteiger partial charge < -0.3 is 10.1 Å². The fourth-order valence-electron chi connectivity index (χ4n) is 3.17. The predicted octanol–water partition coefficient (Wildman–Crippen LogP) is 4.41. The first kappa shape index (κ1) is 20.3. The molecule has 1 saturated heterocycles. The average Bonchev–Trinajstić information content (AvgIpc) is 2.53. The lowest BCUT2D eigenvalue weighted by Gasteiger charge is -2.45. The van der Waals surface area contributed by atoms with E-state index in [1.165, 1.54) is 11.1 Å². The molecule has 1 amide bonds. The van der Waals surface area contributed by atoms with Gasteiger partial charge in [0, 0.05) is 13.1 Å². The molecule has 1 N–H and O–H groups in total. The number of alkyl carbamates (subject to hydrolysis) is 1. The number of hydrogen-bond acceptors (Lipinski definition) is 3. The fraction of sp³-hybridized carbons (Fsp3) is 0.381. The van der Waals surface area contributed by atoms with Crippen LogP contribution in [0.15, 0.2) is 60.7 Å². The van der Waals surface area contributed by atoms with Gasteiger partial charge in [0.05, 0.1) is 12.1 Å². The highest BCUT2D eigenvalue weighted by Gasteiger charge is 2.35. The smallest absolute Gasteiger partial charge is 0.407 e. The van der Waals surface area contributed by atoms with Crippen molar-refractivity contribution in [3.05, 3.63) is 71.8 Å². The Kier molecular flexibility index (Phi) is 6.68. The minimum absolute atomic E-state index is 0. The lowest BCUT2D eigenvalue weighted by atomic mass is 9.93. The second-order valence-electron chi connectivity index (χ2n) is 7.52. The third-order valence-corrected chi connectivity index (χ3v) is 4.23. The van der Waals surface area contributed by atoms with Crippen LogP contribution in [0, 0.1) is 0 Å². The maximum atomic E-state index is 11.9. The molecule has 0 bridgehead atoms. The second kappa shape index (κ2) is 8.56. The van der Waals surface area contributed by atoms with Crippen LogP contribution >= 0.6 is 12.4 Å². The van der Waals surface area contributed by atoms with E-state index in [1.807, 2.05) is 32.9 Å². The number of carbonyl (C=O) groups is 1. The molecule has 0 spiro atoms. The Morgan fingerprint density at radius 3 is 1.88 bits per heavy atom. The summed E-state index contributed by atoms with van der Waals surface area (Å²) in [5.74, 6) is 0. The van der Waals surface area contributed by atoms with Crippen molar-refractivity contribution >= 4 is 18.5 Å². The van der Waals surface area contributed by atoms with Crippen LogP contribution in [0.2, 0.25) is 0 Å². The van der Waals surface area contributed by atoms with Gasteiger partial charge in [-0.1, -0.05) is 60.7 Å². The van der Waals surface area contributed by atoms with Crippen molar-refractivity contribution in [2.45, 2.75) is 38.5 Å². The minimum atomic E-state index is -0.468. The molecule has 3 rings (SSSR count). The van der Waals surface area contributed by atoms with Crippen LogP contribution in [0.1, 0.15) is 37.9 Å². The van der Waals surface area contributed by atoms with Gasteiger partial charge in [0.2, 0.25) is 0 Å². The summed E-state index contributed by atoms with van der Waals surface area (Å²) >= 11 is 0. The van der Waals surface area contributed by atoms with E-state index in [9.17, 15) is 4.79 Å². The molecule has 0 atom stereocenters. The van der Waals surface area contributed by atoms with Crippen molar-refractivity contribution < 1.29 is 9.53 Å². The van der Waals surface area contributed by atoms with Gasteiger partial charge in [-0.05, 0) is 31.9 Å². The van der Waals surface area contributed by atoms with Crippen molar-refractivity contribution in [3.63, 3.8) is 0 Å². The Labute approximate surface area is 162 Å². The third-order valence-electron chi connectivity index (χ3n) is 4.23. The number of nitrogens with one attached hydrogen (secondary N) is 1. The SMILES string of the molecule is CC(C)(C)OC(=O)NC1CN(C(c2ccccc2)c2ccccc2)C1.Cl. The molecule has 0 saturated carbocycles. The second-order valence-corrected chi connectivity index (χ2v) is 7.52. The summed E-state index contributed by atoms with van der Waals surface area (Å²) in [6.07, 6.45) is -0.340. The van der Waals surface area contributed by atoms with Crippen molar-refractivity contribution in [1.29, 1.82) is 0 Å². The maximum absolute atomic E-state index is 11.9. The van der Waals surface area contributed by atoms with Gasteiger partial charge in [-0.25, -0.2) is 4.79 Å². The normalized spacial score (nSPS) is 15.1. The van der Waals surface area contributed by atoms with Gasteiger partial charge in [0.25, 0.3) is 0 Å². The molecule has 0 aliphatic carbocycles. The molecular formula is C21H27ClN2O2. The number of carbonyl (C=O) groups excluding carboxylic acids is 1. The van der Waals surface area contributed by atoms with E-state index in [-0.39, 0.29) is 30.6 Å². The number of amides is 1. The first-order valence-corrected chi connectivity index (χ1v) is 8.76. The lowest BCUT2D eigenvalue weighted by molar-refractivity contribution is 0.0356. The zero-order valence-electron chi connectivity index (χ0n) is 15.5. The molecule has 2 aromatic rings. The van der Waals surface area contributed by atoms with Crippen LogP contribution in [0.4, 0.5) is 4.79 Å². The van der Waals surface area contributed by atoms with Gasteiger partial charge in [0.1, 0.15) is 5.60 Å². The van der Waals surface area contributed by atoms with Gasteiger partial charge in [0.15, 0.2) is 0 Å². The van der Waals surface area contributed by atoms with E-state index < -0.39 is 5.60 Å². The highest BCUT2D eigenvalue weighted by molar-refractivity contribution is 5.85. The van der Waals surface area contributed by atoms with Crippen LogP contribution in [-0.4, -0.2) is 35.7 Å². The number of ether oxygens (including phenoxy) is 1. The topological polar surface area (TPSA) is 41.6 Å². The van der Waals surface area contributed by atoms with E-state index in [0.717, 1.165) is 13.1 Å². The number of nitrogens with zero attached hydrogens (tertiary/aromatic N) is 1. The first-order valence-electron chi connectivity index (χ1n) is 8.76. The zero-order valence-corrected chi connectivity index (χ0v) is 16.3. The van der Waals surface area contributed by atoms with Crippen LogP contribution in [0.3, 0.4) is 0 Å².